The molecule has 0 radical (unpaired) electrons. The Balaban J connectivity index is 1.69. The predicted octanol–water partition coefficient (Wildman–Crippen LogP) is 4.18. The molecule has 4 rings (SSSR count). The van der Waals surface area contributed by atoms with Crippen LogP contribution in [0.4, 0.5) is 13.2 Å². The van der Waals surface area contributed by atoms with Crippen molar-refractivity contribution in [2.75, 3.05) is 0 Å². The Morgan fingerprint density at radius 3 is 1.83 bits per heavy atom. The number of pyridine rings is 2. The van der Waals surface area contributed by atoms with Gasteiger partial charge in [-0.2, -0.15) is 9.78 Å². The number of hydrogen-bond acceptors (Lipinski definition) is 6. The van der Waals surface area contributed by atoms with Crippen LogP contribution in [0.5, 0.6) is 5.75 Å². The number of benzene rings is 1. The Labute approximate surface area is 168 Å². The van der Waals surface area contributed by atoms with Crippen molar-refractivity contribution in [2.45, 2.75) is 6.36 Å². The van der Waals surface area contributed by atoms with Crippen LogP contribution in [0.1, 0.15) is 5.56 Å². The van der Waals surface area contributed by atoms with Crippen LogP contribution in [0.2, 0.25) is 0 Å². The summed E-state index contributed by atoms with van der Waals surface area (Å²) < 4.78 is 42.3. The Morgan fingerprint density at radius 1 is 0.800 bits per heavy atom. The van der Waals surface area contributed by atoms with E-state index in [0.717, 1.165) is 0 Å². The van der Waals surface area contributed by atoms with Gasteiger partial charge in [0, 0.05) is 12.4 Å². The molecule has 30 heavy (non-hydrogen) atoms. The SMILES string of the molecule is FC(F)(F)Oc1ccc(/C=N\n2c(-c3ccccn3)nnc2-c2ccccn2)cc1. The Bertz CT molecular complexity index is 1090. The lowest BCUT2D eigenvalue weighted by atomic mass is 10.2. The van der Waals surface area contributed by atoms with E-state index in [-0.39, 0.29) is 5.75 Å². The molecule has 0 saturated carbocycles. The third kappa shape index (κ3) is 4.49. The summed E-state index contributed by atoms with van der Waals surface area (Å²) in [4.78, 5) is 8.55. The minimum absolute atomic E-state index is 0.313. The van der Waals surface area contributed by atoms with Gasteiger partial charge in [0.25, 0.3) is 0 Å². The van der Waals surface area contributed by atoms with Crippen molar-refractivity contribution in [3.05, 3.63) is 78.6 Å². The van der Waals surface area contributed by atoms with Gasteiger partial charge >= 0.3 is 6.36 Å². The maximum absolute atomic E-state index is 12.3. The molecule has 7 nitrogen and oxygen atoms in total. The third-order valence-electron chi connectivity index (χ3n) is 3.86. The first-order valence-electron chi connectivity index (χ1n) is 8.68. The number of aromatic nitrogens is 5. The van der Waals surface area contributed by atoms with E-state index in [0.29, 0.717) is 28.6 Å². The van der Waals surface area contributed by atoms with Crippen molar-refractivity contribution in [3.63, 3.8) is 0 Å². The quantitative estimate of drug-likeness (QED) is 0.461. The molecule has 3 heterocycles. The van der Waals surface area contributed by atoms with Crippen molar-refractivity contribution in [3.8, 4) is 28.8 Å². The largest absolute Gasteiger partial charge is 0.573 e. The normalized spacial score (nSPS) is 11.7. The first kappa shape index (κ1) is 19.2. The van der Waals surface area contributed by atoms with Crippen LogP contribution in [-0.4, -0.2) is 37.4 Å². The number of hydrogen-bond donors (Lipinski definition) is 0. The van der Waals surface area contributed by atoms with Gasteiger partial charge in [-0.15, -0.1) is 23.4 Å². The number of alkyl halides is 3. The molecule has 1 aromatic carbocycles. The van der Waals surface area contributed by atoms with Crippen LogP contribution in [0, 0.1) is 0 Å². The highest BCUT2D eigenvalue weighted by Crippen LogP contribution is 2.23. The molecule has 0 unspecified atom stereocenters. The standard InChI is InChI=1S/C20H13F3N6O/c21-20(22,23)30-15-9-7-14(8-10-15)13-26-29-18(16-5-1-3-11-24-16)27-28-19(29)17-6-2-4-12-25-17/h1-13H/b26-13-. The van der Waals surface area contributed by atoms with Gasteiger partial charge in [0.05, 0.1) is 6.21 Å². The molecule has 0 amide bonds. The third-order valence-corrected chi connectivity index (χ3v) is 3.86. The van der Waals surface area contributed by atoms with Gasteiger partial charge < -0.3 is 4.74 Å². The molecule has 0 aliphatic heterocycles. The Morgan fingerprint density at radius 2 is 1.37 bits per heavy atom. The fourth-order valence-corrected chi connectivity index (χ4v) is 2.58. The average molecular weight is 410 g/mol. The van der Waals surface area contributed by atoms with Gasteiger partial charge in [0.2, 0.25) is 11.6 Å². The number of halogens is 3. The second-order valence-electron chi connectivity index (χ2n) is 5.95. The lowest BCUT2D eigenvalue weighted by Gasteiger charge is -2.08. The fourth-order valence-electron chi connectivity index (χ4n) is 2.58. The van der Waals surface area contributed by atoms with Crippen molar-refractivity contribution in [2.24, 2.45) is 5.10 Å². The monoisotopic (exact) mass is 410 g/mol. The van der Waals surface area contributed by atoms with Gasteiger partial charge in [-0.05, 0) is 54.1 Å². The van der Waals surface area contributed by atoms with E-state index < -0.39 is 6.36 Å². The van der Waals surface area contributed by atoms with Crippen molar-refractivity contribution in [1.82, 2.24) is 24.8 Å². The zero-order chi connectivity index (χ0) is 21.0. The van der Waals surface area contributed by atoms with Gasteiger partial charge in [-0.1, -0.05) is 12.1 Å². The average Bonchev–Trinajstić information content (AvgIpc) is 3.17. The van der Waals surface area contributed by atoms with E-state index >= 15 is 0 Å². The van der Waals surface area contributed by atoms with E-state index in [2.05, 4.69) is 30.0 Å². The molecule has 10 heteroatoms. The zero-order valence-electron chi connectivity index (χ0n) is 15.2. The molecule has 0 atom stereocenters. The first-order chi connectivity index (χ1) is 14.5. The summed E-state index contributed by atoms with van der Waals surface area (Å²) in [7, 11) is 0. The van der Waals surface area contributed by atoms with Crippen molar-refractivity contribution in [1.29, 1.82) is 0 Å². The number of rotatable bonds is 5. The topological polar surface area (TPSA) is 78.1 Å². The van der Waals surface area contributed by atoms with E-state index in [9.17, 15) is 13.2 Å². The highest BCUT2D eigenvalue weighted by Gasteiger charge is 2.30. The van der Waals surface area contributed by atoms with Crippen LogP contribution in [0.3, 0.4) is 0 Å². The lowest BCUT2D eigenvalue weighted by Crippen LogP contribution is -2.17. The second kappa shape index (κ2) is 8.11. The van der Waals surface area contributed by atoms with E-state index in [4.69, 9.17) is 0 Å². The van der Waals surface area contributed by atoms with E-state index in [1.807, 2.05) is 12.1 Å². The molecule has 0 saturated heterocycles. The molecule has 150 valence electrons. The van der Waals surface area contributed by atoms with E-state index in [1.165, 1.54) is 35.2 Å². The summed E-state index contributed by atoms with van der Waals surface area (Å²) >= 11 is 0. The summed E-state index contributed by atoms with van der Waals surface area (Å²) in [5, 5.41) is 12.8. The molecule has 0 aliphatic carbocycles. The van der Waals surface area contributed by atoms with E-state index in [1.54, 1.807) is 36.7 Å². The minimum atomic E-state index is -4.74. The first-order valence-corrected chi connectivity index (χ1v) is 8.68. The summed E-state index contributed by atoms with van der Waals surface area (Å²) in [5.41, 5.74) is 1.66. The van der Waals surface area contributed by atoms with Crippen LogP contribution >= 0.6 is 0 Å². The molecule has 0 spiro atoms. The maximum atomic E-state index is 12.3. The van der Waals surface area contributed by atoms with Crippen LogP contribution in [-0.2, 0) is 0 Å². The smallest absolute Gasteiger partial charge is 0.406 e. The summed E-state index contributed by atoms with van der Waals surface area (Å²) in [6, 6.07) is 16.0. The van der Waals surface area contributed by atoms with Gasteiger partial charge in [0.15, 0.2) is 0 Å². The van der Waals surface area contributed by atoms with Crippen LogP contribution in [0.25, 0.3) is 23.0 Å². The molecular formula is C20H13F3N6O. The molecule has 0 fully saturated rings. The lowest BCUT2D eigenvalue weighted by molar-refractivity contribution is -0.274. The number of nitrogens with zero attached hydrogens (tertiary/aromatic N) is 6. The zero-order valence-corrected chi connectivity index (χ0v) is 15.2. The van der Waals surface area contributed by atoms with Crippen LogP contribution in [0.15, 0.2) is 78.2 Å². The van der Waals surface area contributed by atoms with Gasteiger partial charge in [-0.25, -0.2) is 0 Å². The molecule has 0 aliphatic rings. The van der Waals surface area contributed by atoms with Crippen molar-refractivity contribution < 1.29 is 17.9 Å². The highest BCUT2D eigenvalue weighted by molar-refractivity contribution is 5.80. The molecule has 0 bridgehead atoms. The summed E-state index contributed by atoms with van der Waals surface area (Å²) in [5.74, 6) is 0.473. The molecular weight excluding hydrogens is 397 g/mol. The Hall–Kier alpha value is -4.08. The second-order valence-corrected chi connectivity index (χ2v) is 5.95. The highest BCUT2D eigenvalue weighted by atomic mass is 19.4. The van der Waals surface area contributed by atoms with Gasteiger partial charge in [0.1, 0.15) is 17.1 Å². The Kier molecular flexibility index (Phi) is 5.21. The minimum Gasteiger partial charge on any atom is -0.406 e. The maximum Gasteiger partial charge on any atom is 0.573 e. The number of ether oxygens (including phenoxy) is 1. The van der Waals surface area contributed by atoms with Crippen molar-refractivity contribution >= 4 is 6.21 Å². The molecule has 0 N–H and O–H groups in total. The summed E-state index contributed by atoms with van der Waals surface area (Å²) in [6.07, 6.45) is -0.0252. The summed E-state index contributed by atoms with van der Waals surface area (Å²) in [6.45, 7) is 0. The predicted molar refractivity (Wildman–Crippen MR) is 103 cm³/mol. The van der Waals surface area contributed by atoms with Gasteiger partial charge in [-0.3, -0.25) is 9.97 Å². The fraction of sp³-hybridized carbons (Fsp3) is 0.0500. The van der Waals surface area contributed by atoms with Crippen LogP contribution < -0.4 is 4.74 Å². The molecule has 4 aromatic rings. The molecule has 3 aromatic heterocycles.